The monoisotopic (exact) mass is 511 g/mol. The molecule has 1 atom stereocenters. The van der Waals surface area contributed by atoms with Crippen LogP contribution in [0, 0.1) is 26.6 Å². The standard InChI is InChI=1S/C27H34FN5O4/c1-16-24(23-17(2)32-37-18(23)3)30-25(31-26(16)33-14-27(15-33)9-5-6-10-36-27)21-11-20(7-8-22(21)28)35-13-19(34)12-29-4/h7-8,11,19,29,34H,5-6,9-10,12-15H2,1-4H3/t19-/m1/s1. The van der Waals surface area contributed by atoms with E-state index in [1.807, 2.05) is 20.8 Å². The molecule has 0 saturated carbocycles. The van der Waals surface area contributed by atoms with Gasteiger partial charge in [-0.1, -0.05) is 5.16 Å². The number of halogens is 1. The predicted octanol–water partition coefficient (Wildman–Crippen LogP) is 3.58. The van der Waals surface area contributed by atoms with Gasteiger partial charge >= 0.3 is 0 Å². The summed E-state index contributed by atoms with van der Waals surface area (Å²) >= 11 is 0. The van der Waals surface area contributed by atoms with Gasteiger partial charge in [0.15, 0.2) is 5.82 Å². The number of aryl methyl sites for hydroxylation is 2. The van der Waals surface area contributed by atoms with E-state index in [9.17, 15) is 5.11 Å². The minimum atomic E-state index is -0.687. The van der Waals surface area contributed by atoms with Gasteiger partial charge < -0.3 is 29.3 Å². The molecule has 1 aromatic carbocycles. The normalized spacial score (nSPS) is 17.6. The van der Waals surface area contributed by atoms with Crippen LogP contribution < -0.4 is 15.0 Å². The first kappa shape index (κ1) is 25.6. The Kier molecular flexibility index (Phi) is 7.15. The summed E-state index contributed by atoms with van der Waals surface area (Å²) in [6.45, 7) is 8.41. The van der Waals surface area contributed by atoms with Crippen LogP contribution in [0.15, 0.2) is 22.7 Å². The molecule has 9 nitrogen and oxygen atoms in total. The summed E-state index contributed by atoms with van der Waals surface area (Å²) < 4.78 is 32.5. The van der Waals surface area contributed by atoms with Crippen LogP contribution in [0.5, 0.6) is 5.75 Å². The van der Waals surface area contributed by atoms with E-state index in [0.29, 0.717) is 29.4 Å². The fourth-order valence-corrected chi connectivity index (χ4v) is 5.21. The van der Waals surface area contributed by atoms with Gasteiger partial charge in [0, 0.05) is 18.7 Å². The average Bonchev–Trinajstić information content (AvgIpc) is 3.20. The summed E-state index contributed by atoms with van der Waals surface area (Å²) in [6.07, 6.45) is 2.60. The van der Waals surface area contributed by atoms with Crippen molar-refractivity contribution in [1.29, 1.82) is 0 Å². The lowest BCUT2D eigenvalue weighted by molar-refractivity contribution is -0.0951. The summed E-state index contributed by atoms with van der Waals surface area (Å²) in [5.41, 5.74) is 3.13. The van der Waals surface area contributed by atoms with Crippen LogP contribution in [0.1, 0.15) is 36.3 Å². The third kappa shape index (κ3) is 5.05. The van der Waals surface area contributed by atoms with Crippen LogP contribution in [0.4, 0.5) is 10.2 Å². The van der Waals surface area contributed by atoms with E-state index in [2.05, 4.69) is 15.4 Å². The Bertz CT molecular complexity index is 1250. The molecule has 198 valence electrons. The lowest BCUT2D eigenvalue weighted by atomic mass is 9.86. The molecule has 2 aliphatic rings. The van der Waals surface area contributed by atoms with E-state index < -0.39 is 11.9 Å². The smallest absolute Gasteiger partial charge is 0.165 e. The number of benzene rings is 1. The molecule has 0 amide bonds. The third-order valence-electron chi connectivity index (χ3n) is 7.14. The fourth-order valence-electron chi connectivity index (χ4n) is 5.21. The Balaban J connectivity index is 1.54. The highest BCUT2D eigenvalue weighted by Crippen LogP contribution is 2.41. The highest BCUT2D eigenvalue weighted by atomic mass is 19.1. The third-order valence-corrected chi connectivity index (χ3v) is 7.14. The molecule has 10 heteroatoms. The van der Waals surface area contributed by atoms with E-state index in [4.69, 9.17) is 24.0 Å². The molecular formula is C27H34FN5O4. The number of hydrogen-bond donors (Lipinski definition) is 2. The van der Waals surface area contributed by atoms with E-state index in [-0.39, 0.29) is 23.6 Å². The summed E-state index contributed by atoms with van der Waals surface area (Å²) in [6, 6.07) is 4.45. The SMILES string of the molecule is CNC[C@@H](O)COc1ccc(F)c(-c2nc(-c3c(C)noc3C)c(C)c(N3CC4(CCCCO4)C3)n2)c1. The van der Waals surface area contributed by atoms with Crippen molar-refractivity contribution >= 4 is 5.82 Å². The van der Waals surface area contributed by atoms with Crippen molar-refractivity contribution in [3.8, 4) is 28.4 Å². The van der Waals surface area contributed by atoms with Crippen LogP contribution in [-0.4, -0.2) is 71.8 Å². The zero-order chi connectivity index (χ0) is 26.2. The largest absolute Gasteiger partial charge is 0.491 e. The maximum atomic E-state index is 15.2. The van der Waals surface area contributed by atoms with Gasteiger partial charge in [-0.05, 0) is 65.3 Å². The number of rotatable bonds is 8. The summed E-state index contributed by atoms with van der Waals surface area (Å²) in [4.78, 5) is 11.8. The van der Waals surface area contributed by atoms with Crippen LogP contribution in [-0.2, 0) is 4.74 Å². The number of aliphatic hydroxyl groups excluding tert-OH is 1. The minimum absolute atomic E-state index is 0.0755. The number of aliphatic hydroxyl groups is 1. The second-order valence-electron chi connectivity index (χ2n) is 10.1. The number of nitrogens with zero attached hydrogens (tertiary/aromatic N) is 4. The number of aromatic nitrogens is 3. The summed E-state index contributed by atoms with van der Waals surface area (Å²) in [5, 5.41) is 17.0. The minimum Gasteiger partial charge on any atom is -0.491 e. The average molecular weight is 512 g/mol. The van der Waals surface area contributed by atoms with Crippen molar-refractivity contribution in [3.05, 3.63) is 41.0 Å². The number of nitrogens with one attached hydrogen (secondary N) is 1. The van der Waals surface area contributed by atoms with Crippen molar-refractivity contribution in [1.82, 2.24) is 20.4 Å². The molecule has 2 saturated heterocycles. The second kappa shape index (κ2) is 10.4. The maximum Gasteiger partial charge on any atom is 0.165 e. The highest BCUT2D eigenvalue weighted by molar-refractivity contribution is 5.75. The summed E-state index contributed by atoms with van der Waals surface area (Å²) in [5.74, 6) is 1.60. The molecule has 0 aliphatic carbocycles. The van der Waals surface area contributed by atoms with Gasteiger partial charge in [0.2, 0.25) is 0 Å². The molecule has 5 rings (SSSR count). The van der Waals surface area contributed by atoms with Crippen LogP contribution in [0.25, 0.3) is 22.6 Å². The van der Waals surface area contributed by atoms with Gasteiger partial charge in [-0.3, -0.25) is 0 Å². The quantitative estimate of drug-likeness (QED) is 0.469. The molecule has 0 bridgehead atoms. The molecule has 0 radical (unpaired) electrons. The van der Waals surface area contributed by atoms with Crippen molar-refractivity contribution < 1.29 is 23.5 Å². The number of anilines is 1. The number of ether oxygens (including phenoxy) is 2. The molecule has 1 spiro atoms. The molecule has 2 aromatic heterocycles. The van der Waals surface area contributed by atoms with E-state index in [1.54, 1.807) is 13.1 Å². The summed E-state index contributed by atoms with van der Waals surface area (Å²) in [7, 11) is 1.75. The zero-order valence-corrected chi connectivity index (χ0v) is 21.8. The van der Waals surface area contributed by atoms with Gasteiger partial charge in [-0.25, -0.2) is 14.4 Å². The fraction of sp³-hybridized carbons (Fsp3) is 0.519. The second-order valence-corrected chi connectivity index (χ2v) is 10.1. The van der Waals surface area contributed by atoms with E-state index in [1.165, 1.54) is 12.1 Å². The molecule has 2 N–H and O–H groups in total. The van der Waals surface area contributed by atoms with Gasteiger partial charge in [0.1, 0.15) is 41.5 Å². The Hall–Kier alpha value is -3.08. The van der Waals surface area contributed by atoms with Gasteiger partial charge in [0.05, 0.1) is 35.6 Å². The molecule has 2 aliphatic heterocycles. The van der Waals surface area contributed by atoms with Crippen LogP contribution >= 0.6 is 0 Å². The molecule has 3 aromatic rings. The van der Waals surface area contributed by atoms with Gasteiger partial charge in [-0.15, -0.1) is 0 Å². The lowest BCUT2D eigenvalue weighted by Crippen LogP contribution is -2.64. The van der Waals surface area contributed by atoms with Crippen LogP contribution in [0.3, 0.4) is 0 Å². The molecular weight excluding hydrogens is 477 g/mol. The Morgan fingerprint density at radius 2 is 2.03 bits per heavy atom. The lowest BCUT2D eigenvalue weighted by Gasteiger charge is -2.52. The Morgan fingerprint density at radius 1 is 1.22 bits per heavy atom. The van der Waals surface area contributed by atoms with Gasteiger partial charge in [-0.2, -0.15) is 0 Å². The predicted molar refractivity (Wildman–Crippen MR) is 137 cm³/mol. The first-order chi connectivity index (χ1) is 17.8. The number of likely N-dealkylation sites (N-methyl/N-ethyl adjacent to an activating group) is 1. The molecule has 2 fully saturated rings. The number of hydrogen-bond acceptors (Lipinski definition) is 9. The first-order valence-corrected chi connectivity index (χ1v) is 12.8. The van der Waals surface area contributed by atoms with Crippen molar-refractivity contribution in [2.45, 2.75) is 51.7 Å². The zero-order valence-electron chi connectivity index (χ0n) is 21.8. The Labute approximate surface area is 216 Å². The Morgan fingerprint density at radius 3 is 2.70 bits per heavy atom. The van der Waals surface area contributed by atoms with Gasteiger partial charge in [0.25, 0.3) is 0 Å². The topological polar surface area (TPSA) is 106 Å². The first-order valence-electron chi connectivity index (χ1n) is 12.8. The molecule has 0 unspecified atom stereocenters. The van der Waals surface area contributed by atoms with E-state index >= 15 is 4.39 Å². The van der Waals surface area contributed by atoms with Crippen molar-refractivity contribution in [3.63, 3.8) is 0 Å². The van der Waals surface area contributed by atoms with Crippen LogP contribution in [0.2, 0.25) is 0 Å². The maximum absolute atomic E-state index is 15.2. The van der Waals surface area contributed by atoms with Crippen molar-refractivity contribution in [2.24, 2.45) is 0 Å². The molecule has 37 heavy (non-hydrogen) atoms. The highest BCUT2D eigenvalue weighted by Gasteiger charge is 2.46. The van der Waals surface area contributed by atoms with Crippen molar-refractivity contribution in [2.75, 3.05) is 44.8 Å². The molecule has 4 heterocycles. The van der Waals surface area contributed by atoms with E-state index in [0.717, 1.165) is 55.9 Å².